The molecule has 0 saturated heterocycles. The number of carbonyl (C=O) groups is 1. The smallest absolute Gasteiger partial charge is 0.387 e. The van der Waals surface area contributed by atoms with Crippen LogP contribution in [0.5, 0.6) is 5.75 Å². The first-order chi connectivity index (χ1) is 9.97. The van der Waals surface area contributed by atoms with Crippen molar-refractivity contribution in [2.45, 2.75) is 25.7 Å². The Morgan fingerprint density at radius 3 is 2.52 bits per heavy atom. The first-order valence-corrected chi connectivity index (χ1v) is 7.65. The van der Waals surface area contributed by atoms with E-state index in [1.54, 1.807) is 6.20 Å². The maximum Gasteiger partial charge on any atom is 0.387 e. The zero-order valence-electron chi connectivity index (χ0n) is 11.5. The molecular formula is C14H15F2N2O2S+. The molecule has 1 aromatic carbocycles. The molecule has 7 heteroatoms. The van der Waals surface area contributed by atoms with Crippen molar-refractivity contribution < 1.29 is 18.3 Å². The standard InChI is InChI=1S/C14H14F2N2O2S/c1-9(2)21-8-7-17-14(21)18-12(19)10-3-5-11(6-4-10)20-13(15)16/h3-9,13H,1-2H3/p+1. The average Bonchev–Trinajstić information content (AvgIpc) is 2.87. The van der Waals surface area contributed by atoms with Crippen molar-refractivity contribution in [2.75, 3.05) is 5.32 Å². The summed E-state index contributed by atoms with van der Waals surface area (Å²) in [7, 11) is -0.210. The van der Waals surface area contributed by atoms with E-state index in [1.807, 2.05) is 5.38 Å². The van der Waals surface area contributed by atoms with Gasteiger partial charge < -0.3 is 4.74 Å². The summed E-state index contributed by atoms with van der Waals surface area (Å²) in [4.78, 5) is 16.3. The number of carbonyl (C=O) groups excluding carboxylic acids is 1. The summed E-state index contributed by atoms with van der Waals surface area (Å²) in [6.45, 7) is 1.23. The number of halogens is 2. The van der Waals surface area contributed by atoms with Gasteiger partial charge in [0.15, 0.2) is 5.38 Å². The molecule has 1 aromatic heterocycles. The van der Waals surface area contributed by atoms with Crippen LogP contribution in [-0.4, -0.2) is 17.5 Å². The van der Waals surface area contributed by atoms with E-state index in [9.17, 15) is 13.6 Å². The molecule has 21 heavy (non-hydrogen) atoms. The molecule has 0 saturated carbocycles. The maximum atomic E-state index is 12.1. The molecule has 1 atom stereocenters. The number of alkyl halides is 2. The van der Waals surface area contributed by atoms with Crippen molar-refractivity contribution >= 4 is 21.5 Å². The SMILES string of the molecule is CC(C)[s+]1ccnc1NC(=O)c1ccc(OC(F)F)cc1. The predicted octanol–water partition coefficient (Wildman–Crippen LogP) is 4.27. The van der Waals surface area contributed by atoms with Crippen LogP contribution in [0, 0.1) is 0 Å². The zero-order chi connectivity index (χ0) is 15.4. The van der Waals surface area contributed by atoms with Gasteiger partial charge in [-0.2, -0.15) is 13.8 Å². The second-order valence-corrected chi connectivity index (χ2v) is 6.84. The van der Waals surface area contributed by atoms with E-state index in [-0.39, 0.29) is 22.1 Å². The Bertz CT molecular complexity index is 612. The lowest BCUT2D eigenvalue weighted by Crippen LogP contribution is -2.12. The van der Waals surface area contributed by atoms with E-state index in [4.69, 9.17) is 0 Å². The van der Waals surface area contributed by atoms with Gasteiger partial charge in [-0.05, 0) is 38.1 Å². The highest BCUT2D eigenvalue weighted by molar-refractivity contribution is 7.33. The number of anilines is 1. The molecule has 0 bridgehead atoms. The fraction of sp³-hybridized carbons (Fsp3) is 0.286. The van der Waals surface area contributed by atoms with E-state index >= 15 is 0 Å². The molecule has 4 nitrogen and oxygen atoms in total. The van der Waals surface area contributed by atoms with E-state index in [0.717, 1.165) is 0 Å². The number of nitrogens with zero attached hydrogens (tertiary/aromatic N) is 1. The van der Waals surface area contributed by atoms with E-state index in [1.165, 1.54) is 24.3 Å². The molecule has 1 heterocycles. The molecule has 112 valence electrons. The molecule has 0 aliphatic heterocycles. The number of amides is 1. The first kappa shape index (κ1) is 15.4. The largest absolute Gasteiger partial charge is 0.435 e. The number of rotatable bonds is 5. The Hall–Kier alpha value is -2.02. The van der Waals surface area contributed by atoms with Crippen LogP contribution >= 0.6 is 10.5 Å². The van der Waals surface area contributed by atoms with Crippen molar-refractivity contribution in [3.63, 3.8) is 0 Å². The minimum absolute atomic E-state index is 0.0170. The molecule has 2 aromatic rings. The van der Waals surface area contributed by atoms with Crippen LogP contribution in [0.1, 0.15) is 29.5 Å². The Morgan fingerprint density at radius 2 is 1.95 bits per heavy atom. The second-order valence-electron chi connectivity index (χ2n) is 4.50. The van der Waals surface area contributed by atoms with Gasteiger partial charge in [0.05, 0.1) is 6.20 Å². The van der Waals surface area contributed by atoms with Crippen molar-refractivity contribution in [1.82, 2.24) is 4.98 Å². The Kier molecular flexibility index (Phi) is 4.85. The fourth-order valence-electron chi connectivity index (χ4n) is 1.72. The number of hydrogen-bond acceptors (Lipinski definition) is 3. The lowest BCUT2D eigenvalue weighted by atomic mass is 10.2. The molecule has 2 rings (SSSR count). The molecule has 0 aliphatic carbocycles. The van der Waals surface area contributed by atoms with Gasteiger partial charge >= 0.3 is 11.7 Å². The molecule has 1 unspecified atom stereocenters. The van der Waals surface area contributed by atoms with Crippen molar-refractivity contribution in [2.24, 2.45) is 0 Å². The summed E-state index contributed by atoms with van der Waals surface area (Å²) < 4.78 is 28.3. The van der Waals surface area contributed by atoms with Crippen LogP contribution in [0.2, 0.25) is 0 Å². The fourth-order valence-corrected chi connectivity index (χ4v) is 3.19. The molecule has 1 N–H and O–H groups in total. The monoisotopic (exact) mass is 313 g/mol. The third kappa shape index (κ3) is 3.98. The summed E-state index contributed by atoms with van der Waals surface area (Å²) in [6.07, 6.45) is 1.68. The van der Waals surface area contributed by atoms with Gasteiger partial charge in [-0.15, -0.1) is 0 Å². The van der Waals surface area contributed by atoms with Gasteiger partial charge in [0.2, 0.25) is 0 Å². The molecule has 0 aliphatic rings. The van der Waals surface area contributed by atoms with E-state index in [2.05, 4.69) is 28.9 Å². The normalized spacial score (nSPS) is 11.8. The number of nitrogens with one attached hydrogen (secondary N) is 1. The van der Waals surface area contributed by atoms with Crippen LogP contribution in [0.3, 0.4) is 0 Å². The molecule has 1 amide bonds. The summed E-state index contributed by atoms with van der Waals surface area (Å²) in [6, 6.07) is 5.53. The average molecular weight is 313 g/mol. The Labute approximate surface area is 123 Å². The minimum Gasteiger partial charge on any atom is -0.435 e. The van der Waals surface area contributed by atoms with Crippen LogP contribution in [0.4, 0.5) is 13.9 Å². The topological polar surface area (TPSA) is 51.2 Å². The van der Waals surface area contributed by atoms with Gasteiger partial charge in [0, 0.05) is 16.0 Å². The van der Waals surface area contributed by atoms with Crippen LogP contribution in [0.25, 0.3) is 0 Å². The number of thiazole rings is 1. The number of hydrogen-bond donors (Lipinski definition) is 1. The summed E-state index contributed by atoms with van der Waals surface area (Å²) in [5, 5.41) is 5.70. The van der Waals surface area contributed by atoms with Gasteiger partial charge in [0.1, 0.15) is 11.0 Å². The van der Waals surface area contributed by atoms with Crippen molar-refractivity contribution in [1.29, 1.82) is 0 Å². The number of ether oxygens (including phenoxy) is 1. The van der Waals surface area contributed by atoms with E-state index < -0.39 is 6.61 Å². The lowest BCUT2D eigenvalue weighted by Gasteiger charge is -2.05. The second kappa shape index (κ2) is 6.62. The zero-order valence-corrected chi connectivity index (χ0v) is 12.4. The summed E-state index contributed by atoms with van der Waals surface area (Å²) >= 11 is 0. The van der Waals surface area contributed by atoms with Crippen molar-refractivity contribution in [3.8, 4) is 5.75 Å². The van der Waals surface area contributed by atoms with Gasteiger partial charge in [-0.3, -0.25) is 10.1 Å². The van der Waals surface area contributed by atoms with Gasteiger partial charge in [-0.25, -0.2) is 0 Å². The van der Waals surface area contributed by atoms with E-state index in [0.29, 0.717) is 15.9 Å². The highest BCUT2D eigenvalue weighted by Gasteiger charge is 2.21. The third-order valence-electron chi connectivity index (χ3n) is 2.69. The molecule has 0 radical (unpaired) electrons. The first-order valence-electron chi connectivity index (χ1n) is 6.30. The van der Waals surface area contributed by atoms with Gasteiger partial charge in [0.25, 0.3) is 5.91 Å². The Morgan fingerprint density at radius 1 is 1.29 bits per heavy atom. The lowest BCUT2D eigenvalue weighted by molar-refractivity contribution is -0.0498. The highest BCUT2D eigenvalue weighted by atomic mass is 32.2. The molecular weight excluding hydrogens is 298 g/mol. The predicted molar refractivity (Wildman–Crippen MR) is 78.1 cm³/mol. The van der Waals surface area contributed by atoms with Crippen LogP contribution < -0.4 is 10.1 Å². The number of aromatic nitrogens is 1. The third-order valence-corrected chi connectivity index (χ3v) is 4.78. The minimum atomic E-state index is -2.88. The highest BCUT2D eigenvalue weighted by Crippen LogP contribution is 2.37. The molecule has 0 spiro atoms. The Balaban J connectivity index is 2.08. The molecule has 0 fully saturated rings. The number of benzene rings is 1. The summed E-state index contributed by atoms with van der Waals surface area (Å²) in [5.74, 6) is -0.303. The van der Waals surface area contributed by atoms with Crippen molar-refractivity contribution in [3.05, 3.63) is 41.4 Å². The van der Waals surface area contributed by atoms with Crippen LogP contribution in [0.15, 0.2) is 35.8 Å². The quantitative estimate of drug-likeness (QED) is 0.839. The van der Waals surface area contributed by atoms with Crippen LogP contribution in [-0.2, 0) is 0 Å². The summed E-state index contributed by atoms with van der Waals surface area (Å²) in [5.41, 5.74) is 0.360. The van der Waals surface area contributed by atoms with Gasteiger partial charge in [-0.1, -0.05) is 0 Å². The maximum absolute atomic E-state index is 12.1.